The van der Waals surface area contributed by atoms with Crippen LogP contribution >= 0.6 is 0 Å². The maximum atomic E-state index is 11.3. The Labute approximate surface area is 155 Å². The number of ether oxygens (including phenoxy) is 1. The van der Waals surface area contributed by atoms with Crippen LogP contribution in [0.15, 0.2) is 36.7 Å². The van der Waals surface area contributed by atoms with Crippen molar-refractivity contribution in [1.29, 1.82) is 0 Å². The molecule has 1 amide bonds. The van der Waals surface area contributed by atoms with Crippen molar-refractivity contribution in [2.75, 3.05) is 19.5 Å². The van der Waals surface area contributed by atoms with E-state index in [1.54, 1.807) is 6.33 Å². The highest BCUT2D eigenvalue weighted by molar-refractivity contribution is 6.07. The highest BCUT2D eigenvalue weighted by Gasteiger charge is 2.15. The number of amides is 1. The zero-order valence-corrected chi connectivity index (χ0v) is 15.3. The van der Waals surface area contributed by atoms with Crippen LogP contribution in [0, 0.1) is 0 Å². The Bertz CT molecular complexity index is 1140. The van der Waals surface area contributed by atoms with Gasteiger partial charge in [-0.25, -0.2) is 14.8 Å². The number of benzene rings is 1. The number of fused-ring (bicyclic) bond motifs is 3. The van der Waals surface area contributed by atoms with Gasteiger partial charge >= 0.3 is 6.09 Å². The van der Waals surface area contributed by atoms with Crippen molar-refractivity contribution < 1.29 is 9.53 Å². The molecule has 0 saturated heterocycles. The molecule has 3 aromatic heterocycles. The van der Waals surface area contributed by atoms with Crippen LogP contribution in [0.1, 0.15) is 5.56 Å². The molecule has 3 heterocycles. The van der Waals surface area contributed by atoms with E-state index in [0.29, 0.717) is 6.54 Å². The quantitative estimate of drug-likeness (QED) is 0.517. The second-order valence-electron chi connectivity index (χ2n) is 6.25. The summed E-state index contributed by atoms with van der Waals surface area (Å²) in [7, 11) is 5.16. The van der Waals surface area contributed by atoms with Gasteiger partial charge in [0.15, 0.2) is 5.82 Å². The smallest absolute Gasteiger partial charge is 0.407 e. The molecule has 4 aromatic rings. The van der Waals surface area contributed by atoms with Gasteiger partial charge in [0.25, 0.3) is 0 Å². The van der Waals surface area contributed by atoms with E-state index in [0.717, 1.165) is 44.7 Å². The Morgan fingerprint density at radius 2 is 2.19 bits per heavy atom. The predicted octanol–water partition coefficient (Wildman–Crippen LogP) is 3.01. The van der Waals surface area contributed by atoms with Crippen molar-refractivity contribution in [3.05, 3.63) is 42.2 Å². The van der Waals surface area contributed by atoms with Crippen LogP contribution in [-0.4, -0.2) is 39.8 Å². The Kier molecular flexibility index (Phi) is 4.15. The van der Waals surface area contributed by atoms with Crippen LogP contribution in [0.5, 0.6) is 0 Å². The molecule has 0 fully saturated rings. The summed E-state index contributed by atoms with van der Waals surface area (Å²) in [5.41, 5.74) is 5.60. The Balaban J connectivity index is 1.77. The third kappa shape index (κ3) is 2.95. The maximum absolute atomic E-state index is 11.3. The van der Waals surface area contributed by atoms with Crippen LogP contribution in [0.3, 0.4) is 0 Å². The molecule has 8 heteroatoms. The van der Waals surface area contributed by atoms with Crippen molar-refractivity contribution in [3.63, 3.8) is 0 Å². The first-order valence-electron chi connectivity index (χ1n) is 8.53. The lowest BCUT2D eigenvalue weighted by atomic mass is 10.1. The molecular weight excluding hydrogens is 344 g/mol. The van der Waals surface area contributed by atoms with Gasteiger partial charge in [-0.3, -0.25) is 0 Å². The van der Waals surface area contributed by atoms with Gasteiger partial charge in [-0.1, -0.05) is 18.2 Å². The number of imidazole rings is 1. The number of nitrogens with zero attached hydrogens (tertiary/aromatic N) is 3. The Hall–Kier alpha value is -3.55. The number of carbonyl (C=O) groups is 1. The molecule has 138 valence electrons. The third-order valence-corrected chi connectivity index (χ3v) is 4.53. The van der Waals surface area contributed by atoms with Crippen LogP contribution in [-0.2, 0) is 18.3 Å². The van der Waals surface area contributed by atoms with Gasteiger partial charge in [0.2, 0.25) is 0 Å². The van der Waals surface area contributed by atoms with E-state index >= 15 is 0 Å². The lowest BCUT2D eigenvalue weighted by Crippen LogP contribution is -2.22. The highest BCUT2D eigenvalue weighted by Crippen LogP contribution is 2.31. The van der Waals surface area contributed by atoms with Gasteiger partial charge in [-0.05, 0) is 23.3 Å². The van der Waals surface area contributed by atoms with Crippen molar-refractivity contribution in [2.24, 2.45) is 7.05 Å². The number of anilines is 1. The van der Waals surface area contributed by atoms with Gasteiger partial charge in [-0.15, -0.1) is 0 Å². The van der Waals surface area contributed by atoms with E-state index in [-0.39, 0.29) is 0 Å². The summed E-state index contributed by atoms with van der Waals surface area (Å²) in [4.78, 5) is 23.8. The number of hydrogen-bond donors (Lipinski definition) is 3. The molecule has 0 aliphatic carbocycles. The van der Waals surface area contributed by atoms with Gasteiger partial charge in [0.05, 0.1) is 19.0 Å². The predicted molar refractivity (Wildman–Crippen MR) is 105 cm³/mol. The van der Waals surface area contributed by atoms with E-state index in [9.17, 15) is 4.79 Å². The SMILES string of the molecule is CNc1nc2[nH]c(-c3cccc(CNC(=O)OC)c3)cc2c2c1ncn2C. The normalized spacial score (nSPS) is 11.1. The minimum Gasteiger partial charge on any atom is -0.453 e. The monoisotopic (exact) mass is 364 g/mol. The number of aromatic nitrogens is 4. The van der Waals surface area contributed by atoms with E-state index in [4.69, 9.17) is 0 Å². The summed E-state index contributed by atoms with van der Waals surface area (Å²) in [5, 5.41) is 6.81. The Morgan fingerprint density at radius 3 is 2.96 bits per heavy atom. The molecule has 0 aliphatic heterocycles. The van der Waals surface area contributed by atoms with Crippen LogP contribution in [0.2, 0.25) is 0 Å². The summed E-state index contributed by atoms with van der Waals surface area (Å²) >= 11 is 0. The van der Waals surface area contributed by atoms with Gasteiger partial charge < -0.3 is 24.9 Å². The number of rotatable bonds is 4. The molecule has 0 spiro atoms. The molecule has 0 bridgehead atoms. The summed E-state index contributed by atoms with van der Waals surface area (Å²) in [6, 6.07) is 10.0. The number of aromatic amines is 1. The van der Waals surface area contributed by atoms with Crippen molar-refractivity contribution in [2.45, 2.75) is 6.54 Å². The maximum Gasteiger partial charge on any atom is 0.407 e. The Morgan fingerprint density at radius 1 is 1.33 bits per heavy atom. The van der Waals surface area contributed by atoms with Crippen molar-refractivity contribution >= 4 is 34.0 Å². The largest absolute Gasteiger partial charge is 0.453 e. The van der Waals surface area contributed by atoms with E-state index in [2.05, 4.69) is 36.4 Å². The first-order valence-corrected chi connectivity index (χ1v) is 8.53. The van der Waals surface area contributed by atoms with E-state index in [1.165, 1.54) is 7.11 Å². The van der Waals surface area contributed by atoms with Gasteiger partial charge in [-0.2, -0.15) is 0 Å². The van der Waals surface area contributed by atoms with E-state index in [1.807, 2.05) is 42.9 Å². The topological polar surface area (TPSA) is 96.9 Å². The molecule has 0 radical (unpaired) electrons. The zero-order chi connectivity index (χ0) is 19.0. The van der Waals surface area contributed by atoms with Crippen LogP contribution in [0.4, 0.5) is 10.6 Å². The first-order chi connectivity index (χ1) is 13.1. The fourth-order valence-electron chi connectivity index (χ4n) is 3.22. The molecule has 1 aromatic carbocycles. The highest BCUT2D eigenvalue weighted by atomic mass is 16.5. The average molecular weight is 364 g/mol. The third-order valence-electron chi connectivity index (χ3n) is 4.53. The van der Waals surface area contributed by atoms with Crippen LogP contribution < -0.4 is 10.6 Å². The van der Waals surface area contributed by atoms with Crippen LogP contribution in [0.25, 0.3) is 33.3 Å². The number of alkyl carbamates (subject to hydrolysis) is 1. The number of aryl methyl sites for hydroxylation is 1. The molecule has 8 nitrogen and oxygen atoms in total. The lowest BCUT2D eigenvalue weighted by Gasteiger charge is -2.05. The number of H-pyrrole nitrogens is 1. The minimum absolute atomic E-state index is 0.398. The number of pyridine rings is 1. The molecule has 4 rings (SSSR count). The fourth-order valence-corrected chi connectivity index (χ4v) is 3.22. The lowest BCUT2D eigenvalue weighted by molar-refractivity contribution is 0.170. The standard InChI is InChI=1S/C19H20N6O2/c1-20-18-15-16(25(2)10-22-15)13-8-14(23-17(13)24-18)12-6-4-5-11(7-12)9-21-19(26)27-3/h4-8,10H,9H2,1-3H3,(H,21,26)(H2,20,23,24). The molecule has 3 N–H and O–H groups in total. The van der Waals surface area contributed by atoms with Gasteiger partial charge in [0, 0.05) is 31.7 Å². The molecule has 0 atom stereocenters. The average Bonchev–Trinajstić information content (AvgIpc) is 3.29. The minimum atomic E-state index is -0.451. The summed E-state index contributed by atoms with van der Waals surface area (Å²) in [6.07, 6.45) is 1.34. The zero-order valence-electron chi connectivity index (χ0n) is 15.3. The number of carbonyl (C=O) groups excluding carboxylic acids is 1. The van der Waals surface area contributed by atoms with Gasteiger partial charge in [0.1, 0.15) is 11.2 Å². The molecule has 0 unspecified atom stereocenters. The first kappa shape index (κ1) is 16.9. The number of nitrogens with one attached hydrogen (secondary N) is 3. The van der Waals surface area contributed by atoms with E-state index < -0.39 is 6.09 Å². The summed E-state index contributed by atoms with van der Waals surface area (Å²) < 4.78 is 6.61. The van der Waals surface area contributed by atoms with Crippen molar-refractivity contribution in [3.8, 4) is 11.3 Å². The molecule has 0 aliphatic rings. The molecule has 27 heavy (non-hydrogen) atoms. The number of methoxy groups -OCH3 is 1. The number of hydrogen-bond acceptors (Lipinski definition) is 5. The van der Waals surface area contributed by atoms with Crippen molar-refractivity contribution in [1.82, 2.24) is 24.8 Å². The molecular formula is C19H20N6O2. The molecule has 0 saturated carbocycles. The second kappa shape index (κ2) is 6.64. The summed E-state index contributed by atoms with van der Waals surface area (Å²) in [6.45, 7) is 0.398. The second-order valence-corrected chi connectivity index (χ2v) is 6.25. The summed E-state index contributed by atoms with van der Waals surface area (Å²) in [5.74, 6) is 0.738. The fraction of sp³-hybridized carbons (Fsp3) is 0.211.